The fourth-order valence-corrected chi connectivity index (χ4v) is 4.58. The van der Waals surface area contributed by atoms with E-state index in [4.69, 9.17) is 4.74 Å². The first kappa shape index (κ1) is 20.3. The van der Waals surface area contributed by atoms with Crippen molar-refractivity contribution in [2.24, 2.45) is 5.92 Å². The van der Waals surface area contributed by atoms with Gasteiger partial charge in [-0.25, -0.2) is 4.98 Å². The lowest BCUT2D eigenvalue weighted by molar-refractivity contribution is -0.122. The molecule has 1 unspecified atom stereocenters. The fourth-order valence-electron chi connectivity index (χ4n) is 4.58. The summed E-state index contributed by atoms with van der Waals surface area (Å²) in [6.07, 6.45) is 5.62. The molecule has 2 aliphatic heterocycles. The molecule has 1 aromatic heterocycles. The molecule has 0 bridgehead atoms. The Morgan fingerprint density at radius 3 is 2.75 bits per heavy atom. The van der Waals surface area contributed by atoms with Crippen molar-refractivity contribution in [1.82, 2.24) is 9.55 Å². The number of nitrogens with zero attached hydrogens (tertiary/aromatic N) is 3. The van der Waals surface area contributed by atoms with Crippen LogP contribution in [-0.2, 0) is 22.6 Å². The van der Waals surface area contributed by atoms with E-state index in [0.29, 0.717) is 23.7 Å². The van der Waals surface area contributed by atoms with Crippen molar-refractivity contribution in [3.63, 3.8) is 0 Å². The van der Waals surface area contributed by atoms with Crippen molar-refractivity contribution in [2.45, 2.75) is 32.2 Å². The van der Waals surface area contributed by atoms with E-state index in [1.807, 2.05) is 54.7 Å². The maximum Gasteiger partial charge on any atom is 0.229 e. The number of methoxy groups -OCH3 is 1. The number of hydrogen-bond donors (Lipinski definition) is 1. The minimum absolute atomic E-state index is 0.0749. The Hall–Kier alpha value is -3.61. The summed E-state index contributed by atoms with van der Waals surface area (Å²) < 4.78 is 7.66. The fraction of sp³-hybridized carbons (Fsp3) is 0.320. The van der Waals surface area contributed by atoms with Crippen molar-refractivity contribution in [1.29, 1.82) is 0 Å². The Balaban J connectivity index is 1.26. The molecule has 0 aliphatic carbocycles. The number of aryl methyl sites for hydroxylation is 1. The van der Waals surface area contributed by atoms with Crippen LogP contribution in [0.25, 0.3) is 11.4 Å². The standard InChI is InChI=1S/C25H26N4O3/c1-32-22-8-3-2-7-21(22)29-16-18(14-23(29)30)25(31)27-19-11-9-17(10-12-19)24-26-15-20-6-4-5-13-28(20)24/h2-3,7-12,15,18H,4-6,13-14,16H2,1H3,(H,27,31). The third-order valence-corrected chi connectivity index (χ3v) is 6.29. The number of anilines is 2. The predicted molar refractivity (Wildman–Crippen MR) is 123 cm³/mol. The second-order valence-corrected chi connectivity index (χ2v) is 8.33. The lowest BCUT2D eigenvalue weighted by Gasteiger charge is -2.19. The van der Waals surface area contributed by atoms with E-state index < -0.39 is 5.92 Å². The highest BCUT2D eigenvalue weighted by Gasteiger charge is 2.36. The highest BCUT2D eigenvalue weighted by molar-refractivity contribution is 6.04. The molecule has 2 aliphatic rings. The van der Waals surface area contributed by atoms with Gasteiger partial charge in [0.2, 0.25) is 11.8 Å². The van der Waals surface area contributed by atoms with Crippen molar-refractivity contribution in [3.8, 4) is 17.1 Å². The summed E-state index contributed by atoms with van der Waals surface area (Å²) in [5.41, 5.74) is 3.73. The first-order valence-corrected chi connectivity index (χ1v) is 11.0. The smallest absolute Gasteiger partial charge is 0.229 e. The molecular weight excluding hydrogens is 404 g/mol. The van der Waals surface area contributed by atoms with Crippen molar-refractivity contribution >= 4 is 23.2 Å². The number of rotatable bonds is 5. The minimum atomic E-state index is -0.411. The van der Waals surface area contributed by atoms with E-state index in [0.717, 1.165) is 24.4 Å². The van der Waals surface area contributed by atoms with Gasteiger partial charge in [-0.15, -0.1) is 0 Å². The summed E-state index contributed by atoms with van der Waals surface area (Å²) in [4.78, 5) is 31.7. The van der Waals surface area contributed by atoms with Gasteiger partial charge in [-0.05, 0) is 55.7 Å². The molecule has 2 amide bonds. The molecule has 7 heteroatoms. The van der Waals surface area contributed by atoms with E-state index in [1.54, 1.807) is 12.0 Å². The summed E-state index contributed by atoms with van der Waals surface area (Å²) in [7, 11) is 1.58. The van der Waals surface area contributed by atoms with Crippen LogP contribution in [0.5, 0.6) is 5.75 Å². The molecular formula is C25H26N4O3. The molecule has 7 nitrogen and oxygen atoms in total. The third kappa shape index (κ3) is 3.75. The van der Waals surface area contributed by atoms with E-state index in [-0.39, 0.29) is 18.2 Å². The zero-order valence-electron chi connectivity index (χ0n) is 18.1. The first-order valence-electron chi connectivity index (χ1n) is 11.0. The molecule has 0 saturated carbocycles. The number of amides is 2. The summed E-state index contributed by atoms with van der Waals surface area (Å²) >= 11 is 0. The van der Waals surface area contributed by atoms with Gasteiger partial charge in [0.15, 0.2) is 0 Å². The summed E-state index contributed by atoms with van der Waals surface area (Å²) in [5, 5.41) is 2.96. The van der Waals surface area contributed by atoms with Crippen molar-refractivity contribution in [2.75, 3.05) is 23.9 Å². The third-order valence-electron chi connectivity index (χ3n) is 6.29. The molecule has 1 atom stereocenters. The Morgan fingerprint density at radius 1 is 1.12 bits per heavy atom. The topological polar surface area (TPSA) is 76.5 Å². The maximum atomic E-state index is 12.9. The van der Waals surface area contributed by atoms with Gasteiger partial charge in [-0.1, -0.05) is 12.1 Å². The van der Waals surface area contributed by atoms with Crippen LogP contribution in [0, 0.1) is 5.92 Å². The highest BCUT2D eigenvalue weighted by Crippen LogP contribution is 2.33. The van der Waals surface area contributed by atoms with Gasteiger partial charge in [0, 0.05) is 42.7 Å². The normalized spacial score (nSPS) is 17.8. The monoisotopic (exact) mass is 430 g/mol. The molecule has 5 rings (SSSR count). The molecule has 1 saturated heterocycles. The van der Waals surface area contributed by atoms with Crippen molar-refractivity contribution < 1.29 is 14.3 Å². The van der Waals surface area contributed by atoms with Gasteiger partial charge in [0.25, 0.3) is 0 Å². The molecule has 3 aromatic rings. The number of fused-ring (bicyclic) bond motifs is 1. The Bertz CT molecular complexity index is 1150. The number of para-hydroxylation sites is 2. The number of carbonyl (C=O) groups excluding carboxylic acids is 2. The van der Waals surface area contributed by atoms with Crippen LogP contribution in [0.2, 0.25) is 0 Å². The van der Waals surface area contributed by atoms with Crippen LogP contribution in [-0.4, -0.2) is 35.0 Å². The van der Waals surface area contributed by atoms with Gasteiger partial charge < -0.3 is 19.5 Å². The summed E-state index contributed by atoms with van der Waals surface area (Å²) in [5.74, 6) is 0.965. The summed E-state index contributed by atoms with van der Waals surface area (Å²) in [6, 6.07) is 15.1. The van der Waals surface area contributed by atoms with Crippen molar-refractivity contribution in [3.05, 3.63) is 60.4 Å². The van der Waals surface area contributed by atoms with E-state index in [1.165, 1.54) is 18.5 Å². The maximum absolute atomic E-state index is 12.9. The lowest BCUT2D eigenvalue weighted by Crippen LogP contribution is -2.28. The Morgan fingerprint density at radius 2 is 1.94 bits per heavy atom. The highest BCUT2D eigenvalue weighted by atomic mass is 16.5. The molecule has 0 radical (unpaired) electrons. The first-order chi connectivity index (χ1) is 15.6. The predicted octanol–water partition coefficient (Wildman–Crippen LogP) is 3.89. The van der Waals surface area contributed by atoms with Crippen LogP contribution < -0.4 is 15.0 Å². The molecule has 32 heavy (non-hydrogen) atoms. The van der Waals surface area contributed by atoms with Crippen LogP contribution >= 0.6 is 0 Å². The molecule has 1 fully saturated rings. The molecule has 164 valence electrons. The van der Waals surface area contributed by atoms with E-state index in [2.05, 4.69) is 14.9 Å². The Labute approximate surface area is 187 Å². The van der Waals surface area contributed by atoms with Gasteiger partial charge >= 0.3 is 0 Å². The van der Waals surface area contributed by atoms with E-state index >= 15 is 0 Å². The zero-order valence-corrected chi connectivity index (χ0v) is 18.1. The summed E-state index contributed by atoms with van der Waals surface area (Å²) in [6.45, 7) is 1.34. The number of aromatic nitrogens is 2. The molecule has 0 spiro atoms. The van der Waals surface area contributed by atoms with Crippen LogP contribution in [0.4, 0.5) is 11.4 Å². The number of ether oxygens (including phenoxy) is 1. The number of carbonyl (C=O) groups is 2. The molecule has 2 aromatic carbocycles. The number of hydrogen-bond acceptors (Lipinski definition) is 4. The number of benzene rings is 2. The number of imidazole rings is 1. The second kappa shape index (κ2) is 8.49. The largest absolute Gasteiger partial charge is 0.495 e. The van der Waals surface area contributed by atoms with E-state index in [9.17, 15) is 9.59 Å². The SMILES string of the molecule is COc1ccccc1N1CC(C(=O)Nc2ccc(-c3ncc4n3CCCC4)cc2)CC1=O. The number of nitrogens with one attached hydrogen (secondary N) is 1. The lowest BCUT2D eigenvalue weighted by atomic mass is 10.1. The average molecular weight is 431 g/mol. The second-order valence-electron chi connectivity index (χ2n) is 8.33. The van der Waals surface area contributed by atoms with Crippen LogP contribution in [0.3, 0.4) is 0 Å². The van der Waals surface area contributed by atoms with Gasteiger partial charge in [0.05, 0.1) is 18.7 Å². The molecule has 1 N–H and O–H groups in total. The Kier molecular flexibility index (Phi) is 5.39. The average Bonchev–Trinajstić information content (AvgIpc) is 3.43. The zero-order chi connectivity index (χ0) is 22.1. The van der Waals surface area contributed by atoms with Crippen LogP contribution in [0.1, 0.15) is 25.0 Å². The van der Waals surface area contributed by atoms with Gasteiger partial charge in [-0.3, -0.25) is 9.59 Å². The van der Waals surface area contributed by atoms with Gasteiger partial charge in [-0.2, -0.15) is 0 Å². The minimum Gasteiger partial charge on any atom is -0.495 e. The quantitative estimate of drug-likeness (QED) is 0.666. The van der Waals surface area contributed by atoms with Crippen LogP contribution in [0.15, 0.2) is 54.7 Å². The molecule has 3 heterocycles. The van der Waals surface area contributed by atoms with Gasteiger partial charge in [0.1, 0.15) is 11.6 Å².